The lowest BCUT2D eigenvalue weighted by Gasteiger charge is -2.34. The molecule has 1 aliphatic rings. The number of rotatable bonds is 5. The van der Waals surface area contributed by atoms with Crippen molar-refractivity contribution in [2.24, 2.45) is 5.73 Å². The number of morpholine rings is 1. The molecule has 3 rings (SSSR count). The number of hydrogen-bond donors (Lipinski definition) is 4. The van der Waals surface area contributed by atoms with Crippen LogP contribution in [0.4, 0.5) is 15.8 Å². The molecule has 0 radical (unpaired) electrons. The van der Waals surface area contributed by atoms with Crippen LogP contribution < -0.4 is 16.0 Å². The molecule has 0 aromatic heterocycles. The molecule has 2 atom stereocenters. The molecule has 146 valence electrons. The summed E-state index contributed by atoms with van der Waals surface area (Å²) in [5.74, 6) is -2.07. The second-order valence-electron chi connectivity index (χ2n) is 6.19. The van der Waals surface area contributed by atoms with E-state index in [1.807, 2.05) is 0 Å². The molecule has 1 fully saturated rings. The summed E-state index contributed by atoms with van der Waals surface area (Å²) in [6.45, 7) is 0.268. The van der Waals surface area contributed by atoms with Gasteiger partial charge in [-0.15, -0.1) is 0 Å². The van der Waals surface area contributed by atoms with E-state index >= 15 is 0 Å². The lowest BCUT2D eigenvalue weighted by atomic mass is 10.1. The highest BCUT2D eigenvalue weighted by molar-refractivity contribution is 6.04. The molecular formula is C19H19FN4O4. The Balaban J connectivity index is 1.70. The molecule has 0 spiro atoms. The molecule has 1 saturated heterocycles. The molecule has 9 heteroatoms. The summed E-state index contributed by atoms with van der Waals surface area (Å²) in [5, 5.41) is 20.1. The average Bonchev–Trinajstić information content (AvgIpc) is 2.68. The van der Waals surface area contributed by atoms with Gasteiger partial charge in [0.15, 0.2) is 12.2 Å². The molecule has 1 aliphatic heterocycles. The molecule has 2 amide bonds. The fraction of sp³-hybridized carbons (Fsp3) is 0.211. The molecule has 2 aromatic carbocycles. The summed E-state index contributed by atoms with van der Waals surface area (Å²) >= 11 is 0. The largest absolute Gasteiger partial charge is 0.384 e. The zero-order chi connectivity index (χ0) is 20.3. The molecule has 0 aliphatic carbocycles. The Labute approximate surface area is 160 Å². The standard InChI is InChI=1S/C19H19FN4O4/c20-12-2-1-3-14(10-12)24-8-9-28-16(19(24)27)15(25)18(26)23-13-6-4-11(5-7-13)17(21)22/h1-7,10,15-16,25H,8-9H2,(H3,21,22)(H,23,26)/t15-,16-/m1/s1. The summed E-state index contributed by atoms with van der Waals surface area (Å²) in [5.41, 5.74) is 6.54. The number of anilines is 2. The summed E-state index contributed by atoms with van der Waals surface area (Å²) in [6.07, 6.45) is -3.16. The van der Waals surface area contributed by atoms with Gasteiger partial charge in [-0.2, -0.15) is 0 Å². The summed E-state index contributed by atoms with van der Waals surface area (Å²) in [4.78, 5) is 26.3. The number of benzene rings is 2. The van der Waals surface area contributed by atoms with E-state index in [0.29, 0.717) is 16.9 Å². The second-order valence-corrected chi connectivity index (χ2v) is 6.19. The normalized spacial score (nSPS) is 17.9. The van der Waals surface area contributed by atoms with Crippen LogP contribution in [0, 0.1) is 11.2 Å². The van der Waals surface area contributed by atoms with Crippen molar-refractivity contribution in [1.29, 1.82) is 5.41 Å². The Morgan fingerprint density at radius 2 is 2.04 bits per heavy atom. The SMILES string of the molecule is N=C(N)c1ccc(NC(=O)[C@H](O)[C@H]2OCCN(c3cccc(F)c3)C2=O)cc1. The van der Waals surface area contributed by atoms with Gasteiger partial charge in [-0.3, -0.25) is 15.0 Å². The predicted octanol–water partition coefficient (Wildman–Crippen LogP) is 0.841. The Hall–Kier alpha value is -3.30. The van der Waals surface area contributed by atoms with Crippen LogP contribution in [0.5, 0.6) is 0 Å². The molecule has 0 unspecified atom stereocenters. The fourth-order valence-corrected chi connectivity index (χ4v) is 2.82. The van der Waals surface area contributed by atoms with Crippen LogP contribution in [0.3, 0.4) is 0 Å². The first kappa shape index (κ1) is 19.5. The Bertz CT molecular complexity index is 903. The summed E-state index contributed by atoms with van der Waals surface area (Å²) in [7, 11) is 0. The fourth-order valence-electron chi connectivity index (χ4n) is 2.82. The van der Waals surface area contributed by atoms with E-state index in [4.69, 9.17) is 15.9 Å². The number of aliphatic hydroxyl groups is 1. The van der Waals surface area contributed by atoms with Crippen molar-refractivity contribution in [3.8, 4) is 0 Å². The van der Waals surface area contributed by atoms with E-state index in [2.05, 4.69) is 5.32 Å². The predicted molar refractivity (Wildman–Crippen MR) is 101 cm³/mol. The van der Waals surface area contributed by atoms with E-state index < -0.39 is 29.8 Å². The molecular weight excluding hydrogens is 367 g/mol. The number of nitrogens with one attached hydrogen (secondary N) is 2. The minimum atomic E-state index is -1.75. The lowest BCUT2D eigenvalue weighted by Crippen LogP contribution is -2.55. The second kappa shape index (κ2) is 8.15. The van der Waals surface area contributed by atoms with Gasteiger partial charge >= 0.3 is 0 Å². The quantitative estimate of drug-likeness (QED) is 0.447. The highest BCUT2D eigenvalue weighted by atomic mass is 19.1. The van der Waals surface area contributed by atoms with Crippen molar-refractivity contribution in [1.82, 2.24) is 0 Å². The molecule has 5 N–H and O–H groups in total. The van der Waals surface area contributed by atoms with Gasteiger partial charge in [0.05, 0.1) is 6.61 Å². The number of nitrogens with zero attached hydrogens (tertiary/aromatic N) is 1. The van der Waals surface area contributed by atoms with E-state index in [0.717, 1.165) is 0 Å². The zero-order valence-corrected chi connectivity index (χ0v) is 14.8. The highest BCUT2D eigenvalue weighted by Gasteiger charge is 2.39. The minimum Gasteiger partial charge on any atom is -0.384 e. The number of nitrogen functional groups attached to an aromatic ring is 1. The molecule has 2 aromatic rings. The topological polar surface area (TPSA) is 129 Å². The highest BCUT2D eigenvalue weighted by Crippen LogP contribution is 2.21. The smallest absolute Gasteiger partial charge is 0.259 e. The number of carbonyl (C=O) groups is 2. The van der Waals surface area contributed by atoms with Gasteiger partial charge in [-0.1, -0.05) is 6.07 Å². The van der Waals surface area contributed by atoms with Gasteiger partial charge in [0.25, 0.3) is 11.8 Å². The first-order chi connectivity index (χ1) is 13.4. The molecule has 28 heavy (non-hydrogen) atoms. The maximum Gasteiger partial charge on any atom is 0.259 e. The molecule has 1 heterocycles. The van der Waals surface area contributed by atoms with Crippen LogP contribution in [0.1, 0.15) is 5.56 Å². The third-order valence-electron chi connectivity index (χ3n) is 4.26. The van der Waals surface area contributed by atoms with Gasteiger partial charge in [-0.25, -0.2) is 4.39 Å². The third kappa shape index (κ3) is 4.16. The zero-order valence-electron chi connectivity index (χ0n) is 14.8. The van der Waals surface area contributed by atoms with Gasteiger partial charge in [-0.05, 0) is 42.5 Å². The molecule has 8 nitrogen and oxygen atoms in total. The van der Waals surface area contributed by atoms with Crippen LogP contribution in [-0.2, 0) is 14.3 Å². The Morgan fingerprint density at radius 1 is 1.32 bits per heavy atom. The number of carbonyl (C=O) groups excluding carboxylic acids is 2. The summed E-state index contributed by atoms with van der Waals surface area (Å²) < 4.78 is 18.8. The maximum atomic E-state index is 13.4. The Morgan fingerprint density at radius 3 is 2.68 bits per heavy atom. The van der Waals surface area contributed by atoms with Crippen LogP contribution >= 0.6 is 0 Å². The number of hydrogen-bond acceptors (Lipinski definition) is 5. The van der Waals surface area contributed by atoms with Crippen LogP contribution in [0.2, 0.25) is 0 Å². The van der Waals surface area contributed by atoms with Gasteiger partial charge in [0, 0.05) is 23.5 Å². The Kier molecular flexibility index (Phi) is 5.67. The van der Waals surface area contributed by atoms with Crippen LogP contribution in [0.25, 0.3) is 0 Å². The number of ether oxygens (including phenoxy) is 1. The van der Waals surface area contributed by atoms with Gasteiger partial charge < -0.3 is 25.8 Å². The molecule has 0 saturated carbocycles. The first-order valence-electron chi connectivity index (χ1n) is 8.49. The van der Waals surface area contributed by atoms with Crippen LogP contribution in [-0.4, -0.2) is 48.1 Å². The summed E-state index contributed by atoms with van der Waals surface area (Å²) in [6, 6.07) is 11.6. The average molecular weight is 386 g/mol. The van der Waals surface area contributed by atoms with E-state index in [-0.39, 0.29) is 19.0 Å². The van der Waals surface area contributed by atoms with E-state index in [9.17, 15) is 19.1 Å². The maximum absolute atomic E-state index is 13.4. The van der Waals surface area contributed by atoms with Crippen LogP contribution in [0.15, 0.2) is 48.5 Å². The molecule has 0 bridgehead atoms. The van der Waals surface area contributed by atoms with E-state index in [1.165, 1.54) is 47.4 Å². The van der Waals surface area contributed by atoms with Crippen molar-refractivity contribution < 1.29 is 23.8 Å². The minimum absolute atomic E-state index is 0.0879. The number of amidine groups is 1. The van der Waals surface area contributed by atoms with Gasteiger partial charge in [0.2, 0.25) is 0 Å². The third-order valence-corrected chi connectivity index (χ3v) is 4.26. The van der Waals surface area contributed by atoms with Crippen molar-refractivity contribution >= 4 is 29.0 Å². The first-order valence-corrected chi connectivity index (χ1v) is 8.49. The number of amides is 2. The van der Waals surface area contributed by atoms with E-state index in [1.54, 1.807) is 6.07 Å². The van der Waals surface area contributed by atoms with Crippen molar-refractivity contribution in [2.75, 3.05) is 23.4 Å². The number of halogens is 1. The lowest BCUT2D eigenvalue weighted by molar-refractivity contribution is -0.150. The van der Waals surface area contributed by atoms with Crippen molar-refractivity contribution in [3.05, 3.63) is 59.9 Å². The van der Waals surface area contributed by atoms with Crippen molar-refractivity contribution in [2.45, 2.75) is 12.2 Å². The number of nitrogens with two attached hydrogens (primary N) is 1. The van der Waals surface area contributed by atoms with Gasteiger partial charge in [0.1, 0.15) is 11.7 Å². The number of aliphatic hydroxyl groups excluding tert-OH is 1. The van der Waals surface area contributed by atoms with Crippen molar-refractivity contribution in [3.63, 3.8) is 0 Å². The monoisotopic (exact) mass is 386 g/mol.